The van der Waals surface area contributed by atoms with E-state index < -0.39 is 0 Å². The van der Waals surface area contributed by atoms with Gasteiger partial charge in [-0.2, -0.15) is 0 Å². The van der Waals surface area contributed by atoms with E-state index in [1.807, 2.05) is 0 Å². The van der Waals surface area contributed by atoms with Crippen LogP contribution in [0, 0.1) is 0 Å². The Morgan fingerprint density at radius 2 is 1.09 bits per heavy atom. The first-order chi connectivity index (χ1) is 16.7. The number of ether oxygens (including phenoxy) is 2. The summed E-state index contributed by atoms with van der Waals surface area (Å²) >= 11 is 0. The van der Waals surface area contributed by atoms with E-state index in [1.54, 1.807) is 0 Å². The van der Waals surface area contributed by atoms with Crippen LogP contribution in [0.2, 0.25) is 0 Å². The van der Waals surface area contributed by atoms with E-state index in [1.165, 1.54) is 108 Å². The quantitative estimate of drug-likeness (QED) is 0.137. The number of hydrogen-bond donors (Lipinski definition) is 2. The molecule has 34 heavy (non-hydrogen) atoms. The fourth-order valence-corrected chi connectivity index (χ4v) is 3.94. The molecule has 0 saturated heterocycles. The Hall–Kier alpha value is -2.57. The van der Waals surface area contributed by atoms with Gasteiger partial charge in [0.25, 0.3) is 12.9 Å². The maximum atomic E-state index is 12.1. The summed E-state index contributed by atoms with van der Waals surface area (Å²) in [5, 5.41) is 5.47. The van der Waals surface area contributed by atoms with Gasteiger partial charge < -0.3 is 20.1 Å². The average molecular weight is 477 g/mol. The smallest absolute Gasteiger partial charge is 0.319 e. The number of urea groups is 1. The Labute approximate surface area is 205 Å². The Balaban J connectivity index is 1.98. The highest BCUT2D eigenvalue weighted by Gasteiger charge is 2.07. The van der Waals surface area contributed by atoms with Gasteiger partial charge in [0.1, 0.15) is 11.5 Å². The summed E-state index contributed by atoms with van der Waals surface area (Å²) in [5.41, 5.74) is 0.362. The van der Waals surface area contributed by atoms with Gasteiger partial charge in [-0.1, -0.05) is 103 Å². The first kappa shape index (κ1) is 29.5. The number of anilines is 1. The van der Waals surface area contributed by atoms with Crippen molar-refractivity contribution in [2.24, 2.45) is 0 Å². The van der Waals surface area contributed by atoms with Gasteiger partial charge in [0.15, 0.2) is 0 Å². The minimum absolute atomic E-state index is 0.169. The molecule has 0 saturated carbocycles. The number of carbonyl (C=O) groups excluding carboxylic acids is 3. The van der Waals surface area contributed by atoms with E-state index in [0.717, 1.165) is 12.8 Å². The number of benzene rings is 1. The molecule has 0 bridgehead atoms. The third-order valence-corrected chi connectivity index (χ3v) is 5.82. The second kappa shape index (κ2) is 21.0. The number of amides is 2. The van der Waals surface area contributed by atoms with Crippen molar-refractivity contribution in [1.29, 1.82) is 0 Å². The van der Waals surface area contributed by atoms with Crippen molar-refractivity contribution in [3.63, 3.8) is 0 Å². The fraction of sp³-hybridized carbons (Fsp3) is 0.667. The van der Waals surface area contributed by atoms with Gasteiger partial charge in [-0.05, 0) is 6.42 Å². The highest BCUT2D eigenvalue weighted by atomic mass is 16.5. The second-order valence-electron chi connectivity index (χ2n) is 8.81. The summed E-state index contributed by atoms with van der Waals surface area (Å²) in [6, 6.07) is 3.96. The largest absolute Gasteiger partial charge is 0.429 e. The summed E-state index contributed by atoms with van der Waals surface area (Å²) in [6.07, 6.45) is 21.0. The molecule has 0 radical (unpaired) electrons. The van der Waals surface area contributed by atoms with Gasteiger partial charge in [0.05, 0.1) is 0 Å². The van der Waals surface area contributed by atoms with Crippen molar-refractivity contribution in [2.45, 2.75) is 110 Å². The molecule has 1 aromatic rings. The molecule has 7 heteroatoms. The number of nitrogens with one attached hydrogen (secondary N) is 2. The predicted octanol–water partition coefficient (Wildman–Crippen LogP) is 7.14. The van der Waals surface area contributed by atoms with Crippen LogP contribution in [0.1, 0.15) is 110 Å². The standard InChI is InChI=1S/C27H44N2O5/c1-2-3-4-5-6-7-8-9-10-11-12-13-14-15-16-17-18-28-27(32)29-24-19-25(33-22-30)21-26(20-24)34-23-31/h19-23H,2-18H2,1H3,(H2,28,29,32). The number of carbonyl (C=O) groups is 3. The summed E-state index contributed by atoms with van der Waals surface area (Å²) in [5.74, 6) is 0.338. The lowest BCUT2D eigenvalue weighted by molar-refractivity contribution is -0.121. The van der Waals surface area contributed by atoms with E-state index in [9.17, 15) is 14.4 Å². The van der Waals surface area contributed by atoms with E-state index in [-0.39, 0.29) is 30.5 Å². The Kier molecular flexibility index (Phi) is 18.2. The molecule has 0 aliphatic heterocycles. The van der Waals surface area contributed by atoms with Crippen molar-refractivity contribution < 1.29 is 23.9 Å². The second-order valence-corrected chi connectivity index (χ2v) is 8.81. The molecule has 2 N–H and O–H groups in total. The van der Waals surface area contributed by atoms with Crippen molar-refractivity contribution in [2.75, 3.05) is 11.9 Å². The Morgan fingerprint density at radius 1 is 0.676 bits per heavy atom. The van der Waals surface area contributed by atoms with Crippen LogP contribution < -0.4 is 20.1 Å². The van der Waals surface area contributed by atoms with Gasteiger partial charge >= 0.3 is 6.03 Å². The molecule has 0 fully saturated rings. The summed E-state index contributed by atoms with van der Waals surface area (Å²) in [7, 11) is 0. The predicted molar refractivity (Wildman–Crippen MR) is 136 cm³/mol. The van der Waals surface area contributed by atoms with E-state index >= 15 is 0 Å². The van der Waals surface area contributed by atoms with Crippen LogP contribution in [-0.4, -0.2) is 25.5 Å². The molecule has 7 nitrogen and oxygen atoms in total. The van der Waals surface area contributed by atoms with E-state index in [0.29, 0.717) is 12.2 Å². The zero-order valence-electron chi connectivity index (χ0n) is 20.9. The summed E-state index contributed by atoms with van der Waals surface area (Å²) in [4.78, 5) is 33.1. The van der Waals surface area contributed by atoms with Crippen LogP contribution in [0.4, 0.5) is 10.5 Å². The van der Waals surface area contributed by atoms with Crippen molar-refractivity contribution in [1.82, 2.24) is 5.32 Å². The van der Waals surface area contributed by atoms with Crippen LogP contribution in [0.3, 0.4) is 0 Å². The number of rotatable bonds is 22. The Morgan fingerprint density at radius 3 is 1.50 bits per heavy atom. The van der Waals surface area contributed by atoms with Gasteiger partial charge in [0.2, 0.25) is 0 Å². The lowest BCUT2D eigenvalue weighted by Gasteiger charge is -2.10. The molecule has 1 rings (SSSR count). The topological polar surface area (TPSA) is 93.7 Å². The van der Waals surface area contributed by atoms with Gasteiger partial charge in [-0.3, -0.25) is 9.59 Å². The molecule has 1 aromatic carbocycles. The van der Waals surface area contributed by atoms with Crippen LogP contribution >= 0.6 is 0 Å². The summed E-state index contributed by atoms with van der Waals surface area (Å²) < 4.78 is 9.53. The fourth-order valence-electron chi connectivity index (χ4n) is 3.94. The minimum Gasteiger partial charge on any atom is -0.429 e. The molecular formula is C27H44N2O5. The molecule has 0 spiro atoms. The van der Waals surface area contributed by atoms with E-state index in [2.05, 4.69) is 17.6 Å². The molecule has 0 aliphatic rings. The van der Waals surface area contributed by atoms with Crippen molar-refractivity contribution >= 4 is 24.7 Å². The van der Waals surface area contributed by atoms with Gasteiger partial charge in [-0.25, -0.2) is 4.79 Å². The highest BCUT2D eigenvalue weighted by Crippen LogP contribution is 2.25. The maximum Gasteiger partial charge on any atom is 0.319 e. The monoisotopic (exact) mass is 476 g/mol. The minimum atomic E-state index is -0.360. The molecule has 0 atom stereocenters. The van der Waals surface area contributed by atoms with Gasteiger partial charge in [0, 0.05) is 30.4 Å². The molecule has 192 valence electrons. The van der Waals surface area contributed by atoms with Crippen LogP contribution in [0.5, 0.6) is 11.5 Å². The SMILES string of the molecule is CCCCCCCCCCCCCCCCCCNC(=O)Nc1cc(OC=O)cc(OC=O)c1. The lowest BCUT2D eigenvalue weighted by atomic mass is 10.0. The van der Waals surface area contributed by atoms with Crippen molar-refractivity contribution in [3.05, 3.63) is 18.2 Å². The molecule has 0 aromatic heterocycles. The van der Waals surface area contributed by atoms with Crippen LogP contribution in [0.25, 0.3) is 0 Å². The van der Waals surface area contributed by atoms with E-state index in [4.69, 9.17) is 9.47 Å². The summed E-state index contributed by atoms with van der Waals surface area (Å²) in [6.45, 7) is 3.39. The number of unbranched alkanes of at least 4 members (excludes halogenated alkanes) is 15. The normalized spacial score (nSPS) is 10.5. The average Bonchev–Trinajstić information content (AvgIpc) is 2.81. The van der Waals surface area contributed by atoms with Gasteiger partial charge in [-0.15, -0.1) is 0 Å². The molecule has 2 amide bonds. The van der Waals surface area contributed by atoms with Crippen molar-refractivity contribution in [3.8, 4) is 11.5 Å². The zero-order valence-corrected chi connectivity index (χ0v) is 20.9. The highest BCUT2D eigenvalue weighted by molar-refractivity contribution is 5.89. The van der Waals surface area contributed by atoms with Crippen LogP contribution in [-0.2, 0) is 9.59 Å². The molecule has 0 heterocycles. The third kappa shape index (κ3) is 16.1. The first-order valence-electron chi connectivity index (χ1n) is 13.1. The first-order valence-corrected chi connectivity index (χ1v) is 13.1. The zero-order chi connectivity index (χ0) is 24.7. The maximum absolute atomic E-state index is 12.1. The number of hydrogen-bond acceptors (Lipinski definition) is 5. The third-order valence-electron chi connectivity index (χ3n) is 5.82. The molecular weight excluding hydrogens is 432 g/mol. The molecule has 0 unspecified atom stereocenters. The lowest BCUT2D eigenvalue weighted by Crippen LogP contribution is -2.29. The Bertz CT molecular complexity index is 653. The van der Waals surface area contributed by atoms with Crippen LogP contribution in [0.15, 0.2) is 18.2 Å². The molecule has 0 aliphatic carbocycles.